The lowest BCUT2D eigenvalue weighted by Gasteiger charge is -2.22. The number of hydrogen-bond acceptors (Lipinski definition) is 2. The summed E-state index contributed by atoms with van der Waals surface area (Å²) in [6.07, 6.45) is 13.1. The van der Waals surface area contributed by atoms with Gasteiger partial charge in [-0.1, -0.05) is 19.3 Å². The second-order valence-corrected chi connectivity index (χ2v) is 6.67. The van der Waals surface area contributed by atoms with E-state index in [-0.39, 0.29) is 5.54 Å². The molecule has 0 unspecified atom stereocenters. The lowest BCUT2D eigenvalue weighted by Crippen LogP contribution is -2.19. The van der Waals surface area contributed by atoms with Gasteiger partial charge >= 0.3 is 0 Å². The average Bonchev–Trinajstić information content (AvgIpc) is 3.04. The Kier molecular flexibility index (Phi) is 4.43. The number of nitrogens with one attached hydrogen (secondary N) is 1. The van der Waals surface area contributed by atoms with Gasteiger partial charge in [0, 0.05) is 31.1 Å². The van der Waals surface area contributed by atoms with Crippen molar-refractivity contribution in [3.8, 4) is 0 Å². The van der Waals surface area contributed by atoms with Gasteiger partial charge in [-0.15, -0.1) is 0 Å². The first-order valence-corrected chi connectivity index (χ1v) is 8.41. The molecule has 0 aliphatic heterocycles. The van der Waals surface area contributed by atoms with Crippen LogP contribution in [0, 0.1) is 12.5 Å². The van der Waals surface area contributed by atoms with Crippen molar-refractivity contribution in [3.63, 3.8) is 0 Å². The van der Waals surface area contributed by atoms with E-state index in [0.29, 0.717) is 0 Å². The summed E-state index contributed by atoms with van der Waals surface area (Å²) in [7, 11) is 0. The third-order valence-corrected chi connectivity index (χ3v) is 5.24. The van der Waals surface area contributed by atoms with Crippen LogP contribution in [0.1, 0.15) is 63.4 Å². The maximum Gasteiger partial charge on any atom is 0.257 e. The standard InChI is InChI=1S/C18H25N3/c1-19-18(10-5-6-11-18)16-9-12-20-17(13-16)21-14-15-7-3-2-4-8-15/h9,12-13,15H,2-8,10-11,14H2,(H,20,21). The van der Waals surface area contributed by atoms with Gasteiger partial charge in [0.2, 0.25) is 0 Å². The van der Waals surface area contributed by atoms with Crippen molar-refractivity contribution < 1.29 is 0 Å². The number of rotatable bonds is 4. The number of pyridine rings is 1. The quantitative estimate of drug-likeness (QED) is 0.807. The van der Waals surface area contributed by atoms with Gasteiger partial charge < -0.3 is 10.2 Å². The van der Waals surface area contributed by atoms with Crippen LogP contribution in [-0.4, -0.2) is 11.5 Å². The van der Waals surface area contributed by atoms with Crippen LogP contribution < -0.4 is 5.32 Å². The van der Waals surface area contributed by atoms with E-state index in [1.54, 1.807) is 0 Å². The number of aromatic nitrogens is 1. The zero-order valence-electron chi connectivity index (χ0n) is 12.8. The zero-order valence-corrected chi connectivity index (χ0v) is 12.8. The molecule has 1 N–H and O–H groups in total. The van der Waals surface area contributed by atoms with E-state index in [4.69, 9.17) is 6.57 Å². The maximum absolute atomic E-state index is 7.60. The van der Waals surface area contributed by atoms with Crippen LogP contribution in [0.25, 0.3) is 4.85 Å². The lowest BCUT2D eigenvalue weighted by atomic mass is 9.89. The van der Waals surface area contributed by atoms with Gasteiger partial charge in [-0.3, -0.25) is 0 Å². The largest absolute Gasteiger partial charge is 0.370 e. The molecular weight excluding hydrogens is 258 g/mol. The van der Waals surface area contributed by atoms with E-state index in [0.717, 1.165) is 36.7 Å². The molecule has 0 spiro atoms. The molecule has 21 heavy (non-hydrogen) atoms. The Morgan fingerprint density at radius 1 is 1.19 bits per heavy atom. The monoisotopic (exact) mass is 283 g/mol. The fraction of sp³-hybridized carbons (Fsp3) is 0.667. The van der Waals surface area contributed by atoms with E-state index in [9.17, 15) is 0 Å². The minimum Gasteiger partial charge on any atom is -0.370 e. The molecule has 3 nitrogen and oxygen atoms in total. The Hall–Kier alpha value is -1.56. The molecule has 0 amide bonds. The summed E-state index contributed by atoms with van der Waals surface area (Å²) in [5.41, 5.74) is 0.889. The fourth-order valence-electron chi connectivity index (χ4n) is 3.88. The highest BCUT2D eigenvalue weighted by Crippen LogP contribution is 2.42. The SMILES string of the molecule is [C-]#[N+]C1(c2ccnc(NCC3CCCCC3)c2)CCCC1. The summed E-state index contributed by atoms with van der Waals surface area (Å²) in [6.45, 7) is 8.63. The number of hydrogen-bond donors (Lipinski definition) is 1. The Morgan fingerprint density at radius 3 is 2.67 bits per heavy atom. The van der Waals surface area contributed by atoms with Gasteiger partial charge in [0.05, 0.1) is 0 Å². The summed E-state index contributed by atoms with van der Waals surface area (Å²) in [6, 6.07) is 4.15. The summed E-state index contributed by atoms with van der Waals surface area (Å²) in [4.78, 5) is 8.42. The second-order valence-electron chi connectivity index (χ2n) is 6.67. The van der Waals surface area contributed by atoms with Gasteiger partial charge in [0.25, 0.3) is 5.54 Å². The average molecular weight is 283 g/mol. The molecule has 2 fully saturated rings. The fourth-order valence-corrected chi connectivity index (χ4v) is 3.88. The number of nitrogens with zero attached hydrogens (tertiary/aromatic N) is 2. The van der Waals surface area contributed by atoms with Crippen LogP contribution in [0.4, 0.5) is 5.82 Å². The summed E-state index contributed by atoms with van der Waals surface area (Å²) in [5, 5.41) is 3.51. The highest BCUT2D eigenvalue weighted by atomic mass is 15.0. The van der Waals surface area contributed by atoms with Crippen molar-refractivity contribution in [1.82, 2.24) is 4.98 Å². The zero-order chi connectivity index (χ0) is 14.5. The third-order valence-electron chi connectivity index (χ3n) is 5.24. The first kappa shape index (κ1) is 14.4. The molecule has 0 bridgehead atoms. The van der Waals surface area contributed by atoms with Crippen LogP contribution in [-0.2, 0) is 5.54 Å². The molecule has 3 rings (SSSR count). The van der Waals surface area contributed by atoms with Gasteiger partial charge in [-0.05, 0) is 43.7 Å². The van der Waals surface area contributed by atoms with Gasteiger partial charge in [-0.2, -0.15) is 0 Å². The molecule has 1 heterocycles. The van der Waals surface area contributed by atoms with Gasteiger partial charge in [-0.25, -0.2) is 11.6 Å². The molecule has 2 aliphatic carbocycles. The first-order chi connectivity index (χ1) is 10.3. The van der Waals surface area contributed by atoms with Crippen molar-refractivity contribution in [2.45, 2.75) is 63.3 Å². The summed E-state index contributed by atoms with van der Waals surface area (Å²) in [5.74, 6) is 1.75. The molecule has 3 heteroatoms. The van der Waals surface area contributed by atoms with Crippen LogP contribution >= 0.6 is 0 Å². The lowest BCUT2D eigenvalue weighted by molar-refractivity contribution is 0.373. The van der Waals surface area contributed by atoms with E-state index in [1.165, 1.54) is 44.9 Å². The topological polar surface area (TPSA) is 29.3 Å². The van der Waals surface area contributed by atoms with Crippen molar-refractivity contribution in [2.75, 3.05) is 11.9 Å². The molecule has 2 aliphatic rings. The normalized spacial score (nSPS) is 21.9. The smallest absolute Gasteiger partial charge is 0.257 e. The molecule has 1 aromatic rings. The van der Waals surface area contributed by atoms with E-state index < -0.39 is 0 Å². The Bertz CT molecular complexity index is 505. The molecule has 0 aromatic carbocycles. The molecule has 2 saturated carbocycles. The Morgan fingerprint density at radius 2 is 1.95 bits per heavy atom. The molecular formula is C18H25N3. The minimum absolute atomic E-state index is 0.274. The van der Waals surface area contributed by atoms with Crippen LogP contribution in [0.15, 0.2) is 18.3 Å². The van der Waals surface area contributed by atoms with Crippen LogP contribution in [0.2, 0.25) is 0 Å². The summed E-state index contributed by atoms with van der Waals surface area (Å²) < 4.78 is 0. The molecule has 0 atom stereocenters. The van der Waals surface area contributed by atoms with Crippen molar-refractivity contribution >= 4 is 5.82 Å². The van der Waals surface area contributed by atoms with Crippen molar-refractivity contribution in [3.05, 3.63) is 35.3 Å². The third kappa shape index (κ3) is 3.20. The predicted octanol–water partition coefficient (Wildman–Crippen LogP) is 4.76. The second kappa shape index (κ2) is 6.47. The molecule has 1 aromatic heterocycles. The van der Waals surface area contributed by atoms with Crippen LogP contribution in [0.3, 0.4) is 0 Å². The highest BCUT2D eigenvalue weighted by molar-refractivity contribution is 5.42. The van der Waals surface area contributed by atoms with Crippen molar-refractivity contribution in [1.29, 1.82) is 0 Å². The van der Waals surface area contributed by atoms with E-state index in [1.807, 2.05) is 12.3 Å². The van der Waals surface area contributed by atoms with Crippen LogP contribution in [0.5, 0.6) is 0 Å². The van der Waals surface area contributed by atoms with E-state index in [2.05, 4.69) is 21.2 Å². The maximum atomic E-state index is 7.60. The molecule has 0 radical (unpaired) electrons. The molecule has 0 saturated heterocycles. The summed E-state index contributed by atoms with van der Waals surface area (Å²) >= 11 is 0. The minimum atomic E-state index is -0.274. The van der Waals surface area contributed by atoms with E-state index >= 15 is 0 Å². The van der Waals surface area contributed by atoms with Gasteiger partial charge in [0.15, 0.2) is 0 Å². The number of anilines is 1. The predicted molar refractivity (Wildman–Crippen MR) is 86.0 cm³/mol. The Balaban J connectivity index is 1.67. The molecule has 112 valence electrons. The van der Waals surface area contributed by atoms with Crippen molar-refractivity contribution in [2.24, 2.45) is 5.92 Å². The Labute approximate surface area is 128 Å². The van der Waals surface area contributed by atoms with Gasteiger partial charge in [0.1, 0.15) is 5.82 Å². The first-order valence-electron chi connectivity index (χ1n) is 8.41. The highest BCUT2D eigenvalue weighted by Gasteiger charge is 2.42.